The summed E-state index contributed by atoms with van der Waals surface area (Å²) in [5, 5.41) is 11.9. The van der Waals surface area contributed by atoms with Crippen LogP contribution in [0, 0.1) is 11.7 Å². The Morgan fingerprint density at radius 2 is 2.05 bits per heavy atom. The Morgan fingerprint density at radius 1 is 1.32 bits per heavy atom. The molecule has 104 valence electrons. The zero-order chi connectivity index (χ0) is 13.7. The van der Waals surface area contributed by atoms with Gasteiger partial charge in [0.15, 0.2) is 0 Å². The highest BCUT2D eigenvalue weighted by atomic mass is 19.1. The highest BCUT2D eigenvalue weighted by molar-refractivity contribution is 5.94. The van der Waals surface area contributed by atoms with Crippen molar-refractivity contribution in [2.45, 2.75) is 38.1 Å². The van der Waals surface area contributed by atoms with Gasteiger partial charge in [-0.05, 0) is 56.2 Å². The monoisotopic (exact) mass is 265 g/mol. The van der Waals surface area contributed by atoms with E-state index in [0.29, 0.717) is 11.5 Å². The minimum atomic E-state index is -0.390. The molecule has 0 radical (unpaired) electrons. The molecule has 0 bridgehead atoms. The molecule has 0 saturated heterocycles. The number of carbonyl (C=O) groups excluding carboxylic acids is 1. The predicted molar refractivity (Wildman–Crippen MR) is 71.3 cm³/mol. The summed E-state index contributed by atoms with van der Waals surface area (Å²) >= 11 is 0. The molecule has 0 aromatic heterocycles. The Kier molecular flexibility index (Phi) is 4.91. The summed E-state index contributed by atoms with van der Waals surface area (Å²) in [6, 6.07) is 5.92. The van der Waals surface area contributed by atoms with Gasteiger partial charge in [0.1, 0.15) is 5.82 Å². The van der Waals surface area contributed by atoms with Gasteiger partial charge in [0.2, 0.25) is 0 Å². The number of benzene rings is 1. The molecule has 4 heteroatoms. The second-order valence-corrected chi connectivity index (χ2v) is 5.21. The molecule has 1 fully saturated rings. The minimum absolute atomic E-state index is 0.172. The third-order valence-corrected chi connectivity index (χ3v) is 3.81. The molecule has 2 N–H and O–H groups in total. The van der Waals surface area contributed by atoms with Crippen LogP contribution in [0.5, 0.6) is 0 Å². The fourth-order valence-corrected chi connectivity index (χ4v) is 2.68. The van der Waals surface area contributed by atoms with Crippen LogP contribution in [0.15, 0.2) is 24.3 Å². The first-order valence-electron chi connectivity index (χ1n) is 6.86. The molecule has 1 saturated carbocycles. The normalized spacial score (nSPS) is 23.1. The van der Waals surface area contributed by atoms with Crippen molar-refractivity contribution in [2.75, 3.05) is 6.61 Å². The number of carbonyl (C=O) groups is 1. The molecule has 0 spiro atoms. The van der Waals surface area contributed by atoms with Gasteiger partial charge in [-0.3, -0.25) is 4.79 Å². The van der Waals surface area contributed by atoms with E-state index in [1.165, 1.54) is 12.1 Å². The Bertz CT molecular complexity index is 428. The molecule has 0 unspecified atom stereocenters. The van der Waals surface area contributed by atoms with Crippen molar-refractivity contribution < 1.29 is 14.3 Å². The first kappa shape index (κ1) is 14.0. The lowest BCUT2D eigenvalue weighted by Gasteiger charge is -2.28. The van der Waals surface area contributed by atoms with E-state index in [2.05, 4.69) is 5.32 Å². The van der Waals surface area contributed by atoms with Crippen molar-refractivity contribution in [3.8, 4) is 0 Å². The Morgan fingerprint density at radius 3 is 2.68 bits per heavy atom. The van der Waals surface area contributed by atoms with Crippen LogP contribution in [-0.4, -0.2) is 23.7 Å². The fraction of sp³-hybridized carbons (Fsp3) is 0.533. The molecule has 1 aliphatic rings. The number of amides is 1. The number of aliphatic hydroxyl groups excluding tert-OH is 1. The quantitative estimate of drug-likeness (QED) is 0.878. The number of aliphatic hydroxyl groups is 1. The highest BCUT2D eigenvalue weighted by Gasteiger charge is 2.22. The maximum absolute atomic E-state index is 13.0. The lowest BCUT2D eigenvalue weighted by molar-refractivity contribution is 0.0918. The molecule has 1 aromatic rings. The SMILES string of the molecule is O=C(NC1CCC(CCO)CC1)c1cccc(F)c1. The highest BCUT2D eigenvalue weighted by Crippen LogP contribution is 2.26. The number of hydrogen-bond donors (Lipinski definition) is 2. The molecule has 0 atom stereocenters. The van der Waals surface area contributed by atoms with E-state index >= 15 is 0 Å². The van der Waals surface area contributed by atoms with Gasteiger partial charge in [0.25, 0.3) is 5.91 Å². The van der Waals surface area contributed by atoms with Crippen LogP contribution in [-0.2, 0) is 0 Å². The van der Waals surface area contributed by atoms with E-state index in [4.69, 9.17) is 5.11 Å². The van der Waals surface area contributed by atoms with Crippen LogP contribution in [0.2, 0.25) is 0 Å². The summed E-state index contributed by atoms with van der Waals surface area (Å²) in [4.78, 5) is 12.0. The summed E-state index contributed by atoms with van der Waals surface area (Å²) < 4.78 is 13.0. The first-order chi connectivity index (χ1) is 9.19. The molecule has 1 aromatic carbocycles. The maximum atomic E-state index is 13.0. The molecule has 0 heterocycles. The lowest BCUT2D eigenvalue weighted by atomic mass is 9.84. The standard InChI is InChI=1S/C15H20FNO2/c16-13-3-1-2-12(10-13)15(19)17-14-6-4-11(5-7-14)8-9-18/h1-3,10-11,14,18H,4-9H2,(H,17,19). The van der Waals surface area contributed by atoms with Crippen LogP contribution >= 0.6 is 0 Å². The second-order valence-electron chi connectivity index (χ2n) is 5.21. The zero-order valence-electron chi connectivity index (χ0n) is 10.9. The number of nitrogens with one attached hydrogen (secondary N) is 1. The first-order valence-corrected chi connectivity index (χ1v) is 6.86. The van der Waals surface area contributed by atoms with Crippen molar-refractivity contribution in [1.82, 2.24) is 5.32 Å². The number of halogens is 1. The minimum Gasteiger partial charge on any atom is -0.396 e. The zero-order valence-corrected chi connectivity index (χ0v) is 10.9. The maximum Gasteiger partial charge on any atom is 0.251 e. The average molecular weight is 265 g/mol. The van der Waals surface area contributed by atoms with Crippen molar-refractivity contribution in [1.29, 1.82) is 0 Å². The van der Waals surface area contributed by atoms with Crippen LogP contribution in [0.3, 0.4) is 0 Å². The average Bonchev–Trinajstić information content (AvgIpc) is 2.41. The Balaban J connectivity index is 1.84. The van der Waals surface area contributed by atoms with Gasteiger partial charge in [-0.25, -0.2) is 4.39 Å². The molecule has 2 rings (SSSR count). The molecular weight excluding hydrogens is 245 g/mol. The second kappa shape index (κ2) is 6.66. The van der Waals surface area contributed by atoms with Gasteiger partial charge >= 0.3 is 0 Å². The number of hydrogen-bond acceptors (Lipinski definition) is 2. The van der Waals surface area contributed by atoms with Gasteiger partial charge in [-0.2, -0.15) is 0 Å². The van der Waals surface area contributed by atoms with Crippen molar-refractivity contribution in [2.24, 2.45) is 5.92 Å². The van der Waals surface area contributed by atoms with Crippen LogP contribution in [0.4, 0.5) is 4.39 Å². The molecule has 1 amide bonds. The Labute approximate surface area is 112 Å². The topological polar surface area (TPSA) is 49.3 Å². The summed E-state index contributed by atoms with van der Waals surface area (Å²) in [5.74, 6) is -0.0169. The van der Waals surface area contributed by atoms with Gasteiger partial charge in [0, 0.05) is 18.2 Å². The van der Waals surface area contributed by atoms with Crippen molar-refractivity contribution in [3.05, 3.63) is 35.6 Å². The van der Waals surface area contributed by atoms with E-state index in [-0.39, 0.29) is 24.4 Å². The summed E-state index contributed by atoms with van der Waals surface area (Å²) in [6.45, 7) is 0.241. The number of rotatable bonds is 4. The van der Waals surface area contributed by atoms with E-state index < -0.39 is 0 Å². The van der Waals surface area contributed by atoms with Crippen molar-refractivity contribution >= 4 is 5.91 Å². The van der Waals surface area contributed by atoms with E-state index in [0.717, 1.165) is 32.1 Å². The largest absolute Gasteiger partial charge is 0.396 e. The van der Waals surface area contributed by atoms with Gasteiger partial charge in [-0.15, -0.1) is 0 Å². The lowest BCUT2D eigenvalue weighted by Crippen LogP contribution is -2.37. The molecule has 19 heavy (non-hydrogen) atoms. The molecule has 1 aliphatic carbocycles. The van der Waals surface area contributed by atoms with Gasteiger partial charge in [0.05, 0.1) is 0 Å². The molecule has 0 aliphatic heterocycles. The fourth-order valence-electron chi connectivity index (χ4n) is 2.68. The third-order valence-electron chi connectivity index (χ3n) is 3.81. The summed E-state index contributed by atoms with van der Waals surface area (Å²) in [5.41, 5.74) is 0.373. The third kappa shape index (κ3) is 4.03. The summed E-state index contributed by atoms with van der Waals surface area (Å²) in [6.07, 6.45) is 4.80. The predicted octanol–water partition coefficient (Wildman–Crippen LogP) is 2.50. The van der Waals surface area contributed by atoms with Gasteiger partial charge < -0.3 is 10.4 Å². The van der Waals surface area contributed by atoms with E-state index in [9.17, 15) is 9.18 Å². The van der Waals surface area contributed by atoms with E-state index in [1.54, 1.807) is 12.1 Å². The van der Waals surface area contributed by atoms with Crippen molar-refractivity contribution in [3.63, 3.8) is 0 Å². The van der Waals surface area contributed by atoms with Crippen LogP contribution in [0.1, 0.15) is 42.5 Å². The van der Waals surface area contributed by atoms with Crippen LogP contribution < -0.4 is 5.32 Å². The molecule has 3 nitrogen and oxygen atoms in total. The molecular formula is C15H20FNO2. The van der Waals surface area contributed by atoms with Crippen LogP contribution in [0.25, 0.3) is 0 Å². The summed E-state index contributed by atoms with van der Waals surface area (Å²) in [7, 11) is 0. The van der Waals surface area contributed by atoms with E-state index in [1.807, 2.05) is 0 Å². The van der Waals surface area contributed by atoms with Gasteiger partial charge in [-0.1, -0.05) is 6.07 Å². The Hall–Kier alpha value is -1.42. The smallest absolute Gasteiger partial charge is 0.251 e.